The van der Waals surface area contributed by atoms with Gasteiger partial charge in [0.2, 0.25) is 0 Å². The predicted molar refractivity (Wildman–Crippen MR) is 83.1 cm³/mol. The number of carboxylic acids is 1. The van der Waals surface area contributed by atoms with E-state index < -0.39 is 30.1 Å². The van der Waals surface area contributed by atoms with Gasteiger partial charge in [0.1, 0.15) is 12.1 Å². The van der Waals surface area contributed by atoms with E-state index in [1.807, 2.05) is 44.2 Å². The Morgan fingerprint density at radius 2 is 1.82 bits per heavy atom. The van der Waals surface area contributed by atoms with Crippen molar-refractivity contribution < 1.29 is 19.8 Å². The van der Waals surface area contributed by atoms with Gasteiger partial charge in [0.25, 0.3) is 5.91 Å². The first kappa shape index (κ1) is 18.1. The van der Waals surface area contributed by atoms with Crippen molar-refractivity contribution in [1.82, 2.24) is 5.32 Å². The number of hydrogen-bond donors (Lipinski definition) is 4. The summed E-state index contributed by atoms with van der Waals surface area (Å²) >= 11 is 0. The van der Waals surface area contributed by atoms with Crippen LogP contribution in [-0.4, -0.2) is 40.3 Å². The molecule has 1 amide bonds. The van der Waals surface area contributed by atoms with E-state index in [4.69, 9.17) is 10.8 Å². The first-order valence-corrected chi connectivity index (χ1v) is 7.32. The third-order valence-corrected chi connectivity index (χ3v) is 3.31. The summed E-state index contributed by atoms with van der Waals surface area (Å²) in [4.78, 5) is 23.1. The smallest absolute Gasteiger partial charge is 0.326 e. The Morgan fingerprint density at radius 3 is 2.32 bits per heavy atom. The first-order chi connectivity index (χ1) is 10.3. The maximum absolute atomic E-state index is 12.0. The molecule has 0 aliphatic rings. The third kappa shape index (κ3) is 5.83. The molecule has 1 rings (SSSR count). The van der Waals surface area contributed by atoms with Gasteiger partial charge in [-0.3, -0.25) is 4.79 Å². The summed E-state index contributed by atoms with van der Waals surface area (Å²) in [6, 6.07) is 7.44. The van der Waals surface area contributed by atoms with Gasteiger partial charge in [-0.15, -0.1) is 0 Å². The van der Waals surface area contributed by atoms with E-state index in [0.29, 0.717) is 12.8 Å². The maximum atomic E-state index is 12.0. The Balaban J connectivity index is 2.61. The van der Waals surface area contributed by atoms with Crippen LogP contribution in [0.25, 0.3) is 0 Å². The standard InChI is InChI=1S/C16H24N2O4/c1-10(2)8-13(16(21)22)18-15(20)14(19)12(17)9-11-6-4-3-5-7-11/h3-7,10,12-14,19H,8-9,17H2,1-2H3,(H,18,20)(H,21,22)/t12?,13-,14?/m1/s1. The molecule has 2 unspecified atom stereocenters. The van der Waals surface area contributed by atoms with E-state index in [2.05, 4.69) is 5.32 Å². The van der Waals surface area contributed by atoms with E-state index in [9.17, 15) is 14.7 Å². The highest BCUT2D eigenvalue weighted by atomic mass is 16.4. The Kier molecular flexibility index (Phi) is 7.01. The Labute approximate surface area is 130 Å². The molecular formula is C16H24N2O4. The topological polar surface area (TPSA) is 113 Å². The van der Waals surface area contributed by atoms with E-state index >= 15 is 0 Å². The number of rotatable bonds is 8. The summed E-state index contributed by atoms with van der Waals surface area (Å²) < 4.78 is 0. The predicted octanol–water partition coefficient (Wildman–Crippen LogP) is 0.533. The zero-order valence-electron chi connectivity index (χ0n) is 12.9. The number of carbonyl (C=O) groups excluding carboxylic acids is 1. The third-order valence-electron chi connectivity index (χ3n) is 3.31. The zero-order chi connectivity index (χ0) is 16.7. The van der Waals surface area contributed by atoms with Crippen molar-refractivity contribution >= 4 is 11.9 Å². The number of carboxylic acid groups (broad SMARTS) is 1. The van der Waals surface area contributed by atoms with Crippen molar-refractivity contribution in [2.24, 2.45) is 11.7 Å². The van der Waals surface area contributed by atoms with Gasteiger partial charge in [-0.1, -0.05) is 44.2 Å². The van der Waals surface area contributed by atoms with Gasteiger partial charge >= 0.3 is 5.97 Å². The van der Waals surface area contributed by atoms with Gasteiger partial charge in [-0.2, -0.15) is 0 Å². The summed E-state index contributed by atoms with van der Waals surface area (Å²) in [5.41, 5.74) is 6.75. The van der Waals surface area contributed by atoms with Crippen molar-refractivity contribution in [1.29, 1.82) is 0 Å². The van der Waals surface area contributed by atoms with Crippen molar-refractivity contribution in [2.75, 3.05) is 0 Å². The van der Waals surface area contributed by atoms with Gasteiger partial charge in [0.05, 0.1) is 0 Å². The van der Waals surface area contributed by atoms with Gasteiger partial charge in [0.15, 0.2) is 0 Å². The number of aliphatic carboxylic acids is 1. The Hall–Kier alpha value is -1.92. The molecule has 6 heteroatoms. The molecule has 6 nitrogen and oxygen atoms in total. The Bertz CT molecular complexity index is 490. The highest BCUT2D eigenvalue weighted by molar-refractivity contribution is 5.86. The summed E-state index contributed by atoms with van der Waals surface area (Å²) in [7, 11) is 0. The molecule has 0 bridgehead atoms. The molecule has 0 heterocycles. The van der Waals surface area contributed by atoms with E-state index in [1.165, 1.54) is 0 Å². The monoisotopic (exact) mass is 308 g/mol. The minimum Gasteiger partial charge on any atom is -0.480 e. The molecule has 1 aromatic rings. The minimum atomic E-state index is -1.45. The Morgan fingerprint density at radius 1 is 1.23 bits per heavy atom. The molecule has 5 N–H and O–H groups in total. The lowest BCUT2D eigenvalue weighted by atomic mass is 10.00. The van der Waals surface area contributed by atoms with Crippen LogP contribution in [0.2, 0.25) is 0 Å². The second-order valence-corrected chi connectivity index (χ2v) is 5.83. The van der Waals surface area contributed by atoms with Gasteiger partial charge in [-0.05, 0) is 24.3 Å². The number of nitrogens with two attached hydrogens (primary N) is 1. The number of nitrogens with one attached hydrogen (secondary N) is 1. The van der Waals surface area contributed by atoms with Crippen LogP contribution < -0.4 is 11.1 Å². The molecule has 0 radical (unpaired) electrons. The number of hydrogen-bond acceptors (Lipinski definition) is 4. The van der Waals surface area contributed by atoms with Crippen LogP contribution in [0, 0.1) is 5.92 Å². The van der Waals surface area contributed by atoms with E-state index in [1.54, 1.807) is 0 Å². The van der Waals surface area contributed by atoms with Crippen molar-refractivity contribution in [3.05, 3.63) is 35.9 Å². The fraction of sp³-hybridized carbons (Fsp3) is 0.500. The molecule has 0 spiro atoms. The summed E-state index contributed by atoms with van der Waals surface area (Å²) in [6.45, 7) is 3.72. The van der Waals surface area contributed by atoms with Gasteiger partial charge < -0.3 is 21.3 Å². The van der Waals surface area contributed by atoms with Crippen LogP contribution in [0.5, 0.6) is 0 Å². The minimum absolute atomic E-state index is 0.108. The van der Waals surface area contributed by atoms with Crippen LogP contribution in [0.3, 0.4) is 0 Å². The van der Waals surface area contributed by atoms with Crippen molar-refractivity contribution in [2.45, 2.75) is 44.9 Å². The normalized spacial score (nSPS) is 15.1. The lowest BCUT2D eigenvalue weighted by Crippen LogP contribution is -2.52. The second kappa shape index (κ2) is 8.51. The molecule has 3 atom stereocenters. The quantitative estimate of drug-likeness (QED) is 0.559. The van der Waals surface area contributed by atoms with Crippen LogP contribution in [0.15, 0.2) is 30.3 Å². The number of carbonyl (C=O) groups is 2. The molecule has 122 valence electrons. The lowest BCUT2D eigenvalue weighted by molar-refractivity contribution is -0.144. The SMILES string of the molecule is CC(C)C[C@@H](NC(=O)C(O)C(N)Cc1ccccc1)C(=O)O. The molecule has 22 heavy (non-hydrogen) atoms. The van der Waals surface area contributed by atoms with E-state index in [-0.39, 0.29) is 5.92 Å². The summed E-state index contributed by atoms with van der Waals surface area (Å²) in [5.74, 6) is -1.76. The fourth-order valence-corrected chi connectivity index (χ4v) is 2.14. The zero-order valence-corrected chi connectivity index (χ0v) is 12.9. The molecule has 1 aromatic carbocycles. The average molecular weight is 308 g/mol. The van der Waals surface area contributed by atoms with Crippen molar-refractivity contribution in [3.8, 4) is 0 Å². The van der Waals surface area contributed by atoms with Crippen LogP contribution >= 0.6 is 0 Å². The molecule has 0 saturated carbocycles. The summed E-state index contributed by atoms with van der Waals surface area (Å²) in [6.07, 6.45) is -0.826. The molecular weight excluding hydrogens is 284 g/mol. The van der Waals surface area contributed by atoms with Crippen LogP contribution in [-0.2, 0) is 16.0 Å². The highest BCUT2D eigenvalue weighted by Gasteiger charge is 2.28. The average Bonchev–Trinajstić information content (AvgIpc) is 2.46. The molecule has 0 fully saturated rings. The second-order valence-electron chi connectivity index (χ2n) is 5.83. The van der Waals surface area contributed by atoms with Gasteiger partial charge in [0, 0.05) is 6.04 Å². The summed E-state index contributed by atoms with van der Waals surface area (Å²) in [5, 5.41) is 21.4. The molecule has 0 aliphatic carbocycles. The molecule has 0 aliphatic heterocycles. The highest BCUT2D eigenvalue weighted by Crippen LogP contribution is 2.08. The largest absolute Gasteiger partial charge is 0.480 e. The lowest BCUT2D eigenvalue weighted by Gasteiger charge is -2.22. The van der Waals surface area contributed by atoms with Crippen molar-refractivity contribution in [3.63, 3.8) is 0 Å². The maximum Gasteiger partial charge on any atom is 0.326 e. The molecule has 0 aromatic heterocycles. The van der Waals surface area contributed by atoms with Gasteiger partial charge in [-0.25, -0.2) is 4.79 Å². The van der Waals surface area contributed by atoms with Crippen LogP contribution in [0.1, 0.15) is 25.8 Å². The molecule has 0 saturated heterocycles. The first-order valence-electron chi connectivity index (χ1n) is 7.32. The van der Waals surface area contributed by atoms with Crippen LogP contribution in [0.4, 0.5) is 0 Å². The van der Waals surface area contributed by atoms with E-state index in [0.717, 1.165) is 5.56 Å². The number of amides is 1. The fourth-order valence-electron chi connectivity index (χ4n) is 2.14. The number of aliphatic hydroxyl groups is 1. The number of aliphatic hydroxyl groups excluding tert-OH is 1. The number of benzene rings is 1.